The van der Waals surface area contributed by atoms with Crippen molar-refractivity contribution in [2.24, 2.45) is 5.92 Å². The average molecular weight is 526 g/mol. The number of aliphatic carboxylic acids is 3. The van der Waals surface area contributed by atoms with E-state index < -0.39 is 42.1 Å². The number of benzene rings is 1. The lowest BCUT2D eigenvalue weighted by molar-refractivity contribution is -0.170. The molecule has 3 rings (SSSR count). The number of hydrogen-bond donors (Lipinski definition) is 4. The first-order chi connectivity index (χ1) is 17.5. The number of para-hydroxylation sites is 2. The Balaban J connectivity index is 0.000000317. The van der Waals surface area contributed by atoms with Crippen LogP contribution in [0.25, 0.3) is 0 Å². The molecule has 1 spiro atoms. The summed E-state index contributed by atoms with van der Waals surface area (Å²) in [5.41, 5.74) is -2.74. The molecule has 1 aliphatic carbocycles. The molecule has 1 saturated carbocycles. The Bertz CT molecular complexity index is 860. The number of carbonyl (C=O) groups is 3. The van der Waals surface area contributed by atoms with Crippen LogP contribution in [0.3, 0.4) is 0 Å². The van der Waals surface area contributed by atoms with Crippen LogP contribution in [0.1, 0.15) is 58.8 Å². The van der Waals surface area contributed by atoms with Gasteiger partial charge >= 0.3 is 17.9 Å². The zero-order chi connectivity index (χ0) is 27.5. The molecule has 0 saturated heterocycles. The van der Waals surface area contributed by atoms with Crippen molar-refractivity contribution in [1.82, 2.24) is 4.90 Å². The summed E-state index contributed by atoms with van der Waals surface area (Å²) in [5, 5.41) is 33.8. The van der Waals surface area contributed by atoms with Gasteiger partial charge in [0.05, 0.1) is 19.4 Å². The van der Waals surface area contributed by atoms with Crippen LogP contribution in [0.5, 0.6) is 11.5 Å². The molecule has 1 heterocycles. The second-order valence-electron chi connectivity index (χ2n) is 9.31. The first kappa shape index (κ1) is 30.3. The summed E-state index contributed by atoms with van der Waals surface area (Å²) in [7, 11) is 0. The lowest BCUT2D eigenvalue weighted by Gasteiger charge is -2.39. The number of aliphatic hydroxyl groups is 1. The van der Waals surface area contributed by atoms with Gasteiger partial charge < -0.3 is 39.5 Å². The minimum absolute atomic E-state index is 0.409. The Labute approximate surface area is 216 Å². The minimum Gasteiger partial charge on any atom is -0.481 e. The number of nitrogens with zero attached hydrogens (tertiary/aromatic N) is 1. The highest BCUT2D eigenvalue weighted by Crippen LogP contribution is 2.48. The number of carboxylic acid groups (broad SMARTS) is 3. The van der Waals surface area contributed by atoms with Gasteiger partial charge in [-0.05, 0) is 44.5 Å². The molecule has 208 valence electrons. The maximum atomic E-state index is 10.3. The summed E-state index contributed by atoms with van der Waals surface area (Å²) in [6.45, 7) is 9.18. The molecule has 0 aromatic heterocycles. The molecule has 11 nitrogen and oxygen atoms in total. The normalized spacial score (nSPS) is 17.8. The van der Waals surface area contributed by atoms with E-state index in [0.717, 1.165) is 63.6 Å². The summed E-state index contributed by atoms with van der Waals surface area (Å²) in [4.78, 5) is 32.9. The van der Waals surface area contributed by atoms with Crippen LogP contribution in [-0.2, 0) is 19.1 Å². The molecule has 1 aliphatic heterocycles. The van der Waals surface area contributed by atoms with E-state index in [0.29, 0.717) is 5.92 Å². The molecule has 1 aromatic rings. The second-order valence-corrected chi connectivity index (χ2v) is 9.31. The lowest BCUT2D eigenvalue weighted by atomic mass is 9.81. The Morgan fingerprint density at radius 3 is 2.05 bits per heavy atom. The zero-order valence-electron chi connectivity index (χ0n) is 21.6. The van der Waals surface area contributed by atoms with Crippen molar-refractivity contribution < 1.29 is 49.0 Å². The predicted octanol–water partition coefficient (Wildman–Crippen LogP) is 2.84. The SMILES string of the molecule is CCN(CC)CCOCCC1CCCCC12Oc1ccccc1O2.O=C(O)CC(O)(CC(=O)O)C(=O)O. The fourth-order valence-electron chi connectivity index (χ4n) is 4.61. The molecule has 0 radical (unpaired) electrons. The number of ether oxygens (including phenoxy) is 3. The Morgan fingerprint density at radius 2 is 1.57 bits per heavy atom. The van der Waals surface area contributed by atoms with Gasteiger partial charge in [0.25, 0.3) is 5.79 Å². The number of likely N-dealkylation sites (N-methyl/N-ethyl adjacent to an activating group) is 1. The fraction of sp³-hybridized carbons (Fsp3) is 0.654. The summed E-state index contributed by atoms with van der Waals surface area (Å²) in [6, 6.07) is 8.04. The van der Waals surface area contributed by atoms with E-state index in [9.17, 15) is 14.4 Å². The zero-order valence-corrected chi connectivity index (χ0v) is 21.6. The monoisotopic (exact) mass is 525 g/mol. The van der Waals surface area contributed by atoms with Gasteiger partial charge in [-0.2, -0.15) is 0 Å². The lowest BCUT2D eigenvalue weighted by Crippen LogP contribution is -2.48. The molecule has 1 unspecified atom stereocenters. The molecule has 1 aromatic carbocycles. The van der Waals surface area contributed by atoms with Crippen LogP contribution in [0.15, 0.2) is 24.3 Å². The molecule has 1 fully saturated rings. The van der Waals surface area contributed by atoms with Gasteiger partial charge in [-0.3, -0.25) is 9.59 Å². The van der Waals surface area contributed by atoms with Gasteiger partial charge in [-0.1, -0.05) is 32.4 Å². The minimum atomic E-state index is -2.74. The Kier molecular flexibility index (Phi) is 11.6. The summed E-state index contributed by atoms with van der Waals surface area (Å²) in [5.74, 6) is -3.27. The van der Waals surface area contributed by atoms with Crippen molar-refractivity contribution in [3.63, 3.8) is 0 Å². The molecule has 0 amide bonds. The Hall–Kier alpha value is -2.89. The van der Waals surface area contributed by atoms with Crippen molar-refractivity contribution in [1.29, 1.82) is 0 Å². The number of hydrogen-bond acceptors (Lipinski definition) is 8. The molecule has 0 bridgehead atoms. The van der Waals surface area contributed by atoms with Crippen LogP contribution >= 0.6 is 0 Å². The predicted molar refractivity (Wildman–Crippen MR) is 133 cm³/mol. The quantitative estimate of drug-likeness (QED) is 0.280. The van der Waals surface area contributed by atoms with Gasteiger partial charge in [0.15, 0.2) is 17.1 Å². The van der Waals surface area contributed by atoms with E-state index in [2.05, 4.69) is 18.7 Å². The third-order valence-corrected chi connectivity index (χ3v) is 6.71. The highest BCUT2D eigenvalue weighted by molar-refractivity contribution is 5.88. The topological polar surface area (TPSA) is 163 Å². The molecular weight excluding hydrogens is 486 g/mol. The summed E-state index contributed by atoms with van der Waals surface area (Å²) in [6.07, 6.45) is 3.29. The molecule has 1 atom stereocenters. The fourth-order valence-corrected chi connectivity index (χ4v) is 4.61. The maximum Gasteiger partial charge on any atom is 0.336 e. The van der Waals surface area contributed by atoms with Gasteiger partial charge in [-0.25, -0.2) is 4.79 Å². The second kappa shape index (κ2) is 14.2. The van der Waals surface area contributed by atoms with Crippen LogP contribution < -0.4 is 9.47 Å². The third kappa shape index (κ3) is 8.87. The highest BCUT2D eigenvalue weighted by Gasteiger charge is 2.49. The van der Waals surface area contributed by atoms with E-state index in [4.69, 9.17) is 34.6 Å². The maximum absolute atomic E-state index is 10.3. The van der Waals surface area contributed by atoms with Crippen LogP contribution in [-0.4, -0.2) is 87.5 Å². The van der Waals surface area contributed by atoms with Crippen LogP contribution in [0.2, 0.25) is 0 Å². The smallest absolute Gasteiger partial charge is 0.336 e. The van der Waals surface area contributed by atoms with Crippen molar-refractivity contribution in [2.45, 2.75) is 70.2 Å². The van der Waals surface area contributed by atoms with Crippen molar-refractivity contribution >= 4 is 17.9 Å². The van der Waals surface area contributed by atoms with E-state index in [-0.39, 0.29) is 0 Å². The number of carboxylic acids is 3. The molecule has 2 aliphatic rings. The standard InChI is InChI=1S/C20H31NO3.C6H8O7/c1-3-21(4-2)14-16-22-15-12-17-9-7-8-13-20(17)23-18-10-5-6-11-19(18)24-20;7-3(8)1-6(13,5(11)12)2-4(9)10/h5-6,10-11,17H,3-4,7-9,12-16H2,1-2H3;13H,1-2H2,(H,7,8)(H,9,10)(H,11,12). The molecule has 37 heavy (non-hydrogen) atoms. The molecular formula is C26H39NO10. The highest BCUT2D eigenvalue weighted by atomic mass is 16.7. The first-order valence-corrected chi connectivity index (χ1v) is 12.7. The van der Waals surface area contributed by atoms with Gasteiger partial charge in [0.2, 0.25) is 0 Å². The van der Waals surface area contributed by atoms with E-state index >= 15 is 0 Å². The van der Waals surface area contributed by atoms with Gasteiger partial charge in [0.1, 0.15) is 0 Å². The number of fused-ring (bicyclic) bond motifs is 1. The van der Waals surface area contributed by atoms with Crippen molar-refractivity contribution in [3.8, 4) is 11.5 Å². The van der Waals surface area contributed by atoms with Crippen molar-refractivity contribution in [3.05, 3.63) is 24.3 Å². The van der Waals surface area contributed by atoms with Gasteiger partial charge in [0, 0.05) is 25.5 Å². The van der Waals surface area contributed by atoms with E-state index in [1.807, 2.05) is 24.3 Å². The van der Waals surface area contributed by atoms with Crippen molar-refractivity contribution in [2.75, 3.05) is 32.8 Å². The summed E-state index contributed by atoms with van der Waals surface area (Å²) >= 11 is 0. The average Bonchev–Trinajstić information content (AvgIpc) is 3.20. The van der Waals surface area contributed by atoms with Crippen LogP contribution in [0, 0.1) is 5.92 Å². The Morgan fingerprint density at radius 1 is 1.00 bits per heavy atom. The van der Waals surface area contributed by atoms with Gasteiger partial charge in [-0.15, -0.1) is 0 Å². The van der Waals surface area contributed by atoms with E-state index in [1.54, 1.807) is 0 Å². The third-order valence-electron chi connectivity index (χ3n) is 6.71. The first-order valence-electron chi connectivity index (χ1n) is 12.7. The molecule has 4 N–H and O–H groups in total. The van der Waals surface area contributed by atoms with E-state index in [1.165, 1.54) is 12.8 Å². The number of rotatable bonds is 13. The largest absolute Gasteiger partial charge is 0.481 e. The summed E-state index contributed by atoms with van der Waals surface area (Å²) < 4.78 is 18.5. The van der Waals surface area contributed by atoms with Crippen LogP contribution in [0.4, 0.5) is 0 Å². The molecule has 11 heteroatoms.